The van der Waals surface area contributed by atoms with Crippen molar-refractivity contribution in [3.05, 3.63) is 29.8 Å². The zero-order valence-corrected chi connectivity index (χ0v) is 12.4. The lowest BCUT2D eigenvalue weighted by Gasteiger charge is -2.18. The first-order valence-corrected chi connectivity index (χ1v) is 7.34. The Morgan fingerprint density at radius 3 is 2.21 bits per heavy atom. The van der Waals surface area contributed by atoms with Gasteiger partial charge in [0, 0.05) is 30.8 Å². The minimum Gasteiger partial charge on any atom is -0.372 e. The normalized spacial score (nSPS) is 15.8. The second kappa shape index (κ2) is 5.77. The first-order valence-electron chi connectivity index (χ1n) is 7.34. The summed E-state index contributed by atoms with van der Waals surface area (Å²) in [5, 5.41) is 0. The minimum atomic E-state index is 0.227. The second-order valence-electron chi connectivity index (χ2n) is 6.72. The molecular weight excluding hydrogens is 234 g/mol. The van der Waals surface area contributed by atoms with Crippen LogP contribution in [0.3, 0.4) is 0 Å². The highest BCUT2D eigenvalue weighted by Crippen LogP contribution is 2.24. The van der Waals surface area contributed by atoms with Crippen LogP contribution in [0.4, 0.5) is 5.69 Å². The van der Waals surface area contributed by atoms with Gasteiger partial charge >= 0.3 is 0 Å². The molecule has 0 spiro atoms. The van der Waals surface area contributed by atoms with Crippen molar-refractivity contribution in [3.63, 3.8) is 0 Å². The Balaban J connectivity index is 1.95. The summed E-state index contributed by atoms with van der Waals surface area (Å²) in [6, 6.07) is 8.16. The highest BCUT2D eigenvalue weighted by atomic mass is 16.1. The van der Waals surface area contributed by atoms with Gasteiger partial charge < -0.3 is 4.90 Å². The van der Waals surface area contributed by atoms with Crippen LogP contribution in [0.5, 0.6) is 0 Å². The van der Waals surface area contributed by atoms with Crippen LogP contribution >= 0.6 is 0 Å². The molecule has 0 bridgehead atoms. The fourth-order valence-corrected chi connectivity index (χ4v) is 2.47. The maximum Gasteiger partial charge on any atom is 0.162 e. The van der Waals surface area contributed by atoms with Crippen molar-refractivity contribution in [2.75, 3.05) is 18.0 Å². The van der Waals surface area contributed by atoms with Crippen LogP contribution in [0.2, 0.25) is 0 Å². The van der Waals surface area contributed by atoms with Crippen molar-refractivity contribution < 1.29 is 4.79 Å². The number of carbonyl (C=O) groups excluding carboxylic acids is 1. The molecule has 104 valence electrons. The summed E-state index contributed by atoms with van der Waals surface area (Å²) in [5.74, 6) is 0.267. The van der Waals surface area contributed by atoms with Crippen molar-refractivity contribution in [2.24, 2.45) is 5.41 Å². The largest absolute Gasteiger partial charge is 0.372 e. The Morgan fingerprint density at radius 2 is 1.68 bits per heavy atom. The molecule has 1 aromatic carbocycles. The van der Waals surface area contributed by atoms with Crippen molar-refractivity contribution in [3.8, 4) is 0 Å². The molecular formula is C17H25NO. The standard InChI is InChI=1S/C17H25NO/c1-17(2,3)11-10-16(19)14-6-8-15(9-7-14)18-12-4-5-13-18/h6-9H,4-5,10-13H2,1-3H3. The molecule has 2 nitrogen and oxygen atoms in total. The number of benzene rings is 1. The zero-order chi connectivity index (χ0) is 13.9. The lowest BCUT2D eigenvalue weighted by atomic mass is 9.88. The number of hydrogen-bond acceptors (Lipinski definition) is 2. The SMILES string of the molecule is CC(C)(C)CCC(=O)c1ccc(N2CCCC2)cc1. The van der Waals surface area contributed by atoms with Crippen LogP contribution in [0.15, 0.2) is 24.3 Å². The van der Waals surface area contributed by atoms with E-state index in [0.29, 0.717) is 6.42 Å². The van der Waals surface area contributed by atoms with E-state index in [1.807, 2.05) is 12.1 Å². The first kappa shape index (κ1) is 14.1. The molecule has 0 N–H and O–H groups in total. The molecule has 0 unspecified atom stereocenters. The van der Waals surface area contributed by atoms with Crippen LogP contribution < -0.4 is 4.90 Å². The molecule has 0 aliphatic carbocycles. The predicted molar refractivity (Wildman–Crippen MR) is 80.9 cm³/mol. The molecule has 1 aromatic rings. The predicted octanol–water partition coefficient (Wildman–Crippen LogP) is 4.30. The van der Waals surface area contributed by atoms with E-state index in [4.69, 9.17) is 0 Å². The van der Waals surface area contributed by atoms with Crippen molar-refractivity contribution in [1.29, 1.82) is 0 Å². The number of anilines is 1. The molecule has 1 heterocycles. The van der Waals surface area contributed by atoms with Crippen LogP contribution in [-0.4, -0.2) is 18.9 Å². The highest BCUT2D eigenvalue weighted by molar-refractivity contribution is 5.96. The summed E-state index contributed by atoms with van der Waals surface area (Å²) in [6.07, 6.45) is 4.16. The molecule has 2 rings (SSSR count). The van der Waals surface area contributed by atoms with Gasteiger partial charge in [-0.1, -0.05) is 20.8 Å². The van der Waals surface area contributed by atoms with Gasteiger partial charge in [0.25, 0.3) is 0 Å². The van der Waals surface area contributed by atoms with Gasteiger partial charge in [-0.2, -0.15) is 0 Å². The number of Topliss-reactive ketones (excluding diaryl/α,β-unsaturated/α-hetero) is 1. The molecule has 1 aliphatic heterocycles. The Morgan fingerprint density at radius 1 is 1.11 bits per heavy atom. The number of nitrogens with zero attached hydrogens (tertiary/aromatic N) is 1. The van der Waals surface area contributed by atoms with Crippen molar-refractivity contribution >= 4 is 11.5 Å². The highest BCUT2D eigenvalue weighted by Gasteiger charge is 2.15. The third kappa shape index (κ3) is 4.09. The number of hydrogen-bond donors (Lipinski definition) is 0. The minimum absolute atomic E-state index is 0.227. The molecule has 0 aromatic heterocycles. The molecule has 1 saturated heterocycles. The van der Waals surface area contributed by atoms with E-state index in [9.17, 15) is 4.79 Å². The first-order chi connectivity index (χ1) is 8.96. The Labute approximate surface area is 116 Å². The lowest BCUT2D eigenvalue weighted by Crippen LogP contribution is -2.17. The second-order valence-corrected chi connectivity index (χ2v) is 6.72. The van der Waals surface area contributed by atoms with E-state index in [0.717, 1.165) is 25.1 Å². The van der Waals surface area contributed by atoms with E-state index in [1.54, 1.807) is 0 Å². The molecule has 1 aliphatic rings. The summed E-state index contributed by atoms with van der Waals surface area (Å²) in [6.45, 7) is 8.83. The Bertz CT molecular complexity index is 422. The summed E-state index contributed by atoms with van der Waals surface area (Å²) in [7, 11) is 0. The average molecular weight is 259 g/mol. The molecule has 19 heavy (non-hydrogen) atoms. The fourth-order valence-electron chi connectivity index (χ4n) is 2.47. The molecule has 0 radical (unpaired) electrons. The number of ketones is 1. The van der Waals surface area contributed by atoms with Gasteiger partial charge in [-0.05, 0) is 48.9 Å². The van der Waals surface area contributed by atoms with Crippen molar-refractivity contribution in [1.82, 2.24) is 0 Å². The zero-order valence-electron chi connectivity index (χ0n) is 12.4. The van der Waals surface area contributed by atoms with E-state index in [1.165, 1.54) is 18.5 Å². The van der Waals surface area contributed by atoms with Gasteiger partial charge in [-0.25, -0.2) is 0 Å². The van der Waals surface area contributed by atoms with Gasteiger partial charge in [-0.15, -0.1) is 0 Å². The Hall–Kier alpha value is -1.31. The third-order valence-corrected chi connectivity index (χ3v) is 3.76. The van der Waals surface area contributed by atoms with E-state index >= 15 is 0 Å². The molecule has 0 atom stereocenters. The summed E-state index contributed by atoms with van der Waals surface area (Å²) in [4.78, 5) is 14.5. The van der Waals surface area contributed by atoms with Gasteiger partial charge in [0.2, 0.25) is 0 Å². The topological polar surface area (TPSA) is 20.3 Å². The van der Waals surface area contributed by atoms with Gasteiger partial charge in [0.15, 0.2) is 5.78 Å². The maximum atomic E-state index is 12.1. The van der Waals surface area contributed by atoms with Crippen LogP contribution in [-0.2, 0) is 0 Å². The quantitative estimate of drug-likeness (QED) is 0.752. The van der Waals surface area contributed by atoms with Crippen molar-refractivity contribution in [2.45, 2.75) is 46.5 Å². The third-order valence-electron chi connectivity index (χ3n) is 3.76. The lowest BCUT2D eigenvalue weighted by molar-refractivity contribution is 0.0966. The van der Waals surface area contributed by atoms with Gasteiger partial charge in [0.1, 0.15) is 0 Å². The monoisotopic (exact) mass is 259 g/mol. The fraction of sp³-hybridized carbons (Fsp3) is 0.588. The molecule has 0 saturated carbocycles. The van der Waals surface area contributed by atoms with E-state index < -0.39 is 0 Å². The van der Waals surface area contributed by atoms with Gasteiger partial charge in [0.05, 0.1) is 0 Å². The number of rotatable bonds is 4. The summed E-state index contributed by atoms with van der Waals surface area (Å²) >= 11 is 0. The average Bonchev–Trinajstić information content (AvgIpc) is 2.89. The summed E-state index contributed by atoms with van der Waals surface area (Å²) < 4.78 is 0. The maximum absolute atomic E-state index is 12.1. The number of carbonyl (C=O) groups is 1. The molecule has 0 amide bonds. The van der Waals surface area contributed by atoms with Crippen LogP contribution in [0.25, 0.3) is 0 Å². The van der Waals surface area contributed by atoms with Crippen LogP contribution in [0, 0.1) is 5.41 Å². The van der Waals surface area contributed by atoms with Gasteiger partial charge in [-0.3, -0.25) is 4.79 Å². The molecule has 2 heteroatoms. The van der Waals surface area contributed by atoms with E-state index in [2.05, 4.69) is 37.8 Å². The molecule has 1 fully saturated rings. The van der Waals surface area contributed by atoms with Crippen LogP contribution in [0.1, 0.15) is 56.8 Å². The Kier molecular flexibility index (Phi) is 4.28. The summed E-state index contributed by atoms with van der Waals surface area (Å²) in [5.41, 5.74) is 2.34. The van der Waals surface area contributed by atoms with E-state index in [-0.39, 0.29) is 11.2 Å². The smallest absolute Gasteiger partial charge is 0.162 e.